The van der Waals surface area contributed by atoms with Crippen LogP contribution in [0.2, 0.25) is 0 Å². The molecule has 2 aromatic rings. The van der Waals surface area contributed by atoms with Gasteiger partial charge in [0.25, 0.3) is 5.91 Å². The highest BCUT2D eigenvalue weighted by atomic mass is 16.2. The normalized spacial score (nSPS) is 10.4. The van der Waals surface area contributed by atoms with Crippen molar-refractivity contribution in [3.63, 3.8) is 0 Å². The van der Waals surface area contributed by atoms with E-state index < -0.39 is 0 Å². The van der Waals surface area contributed by atoms with Crippen LogP contribution in [0.4, 0.5) is 0 Å². The molecule has 4 N–H and O–H groups in total. The molecule has 0 saturated heterocycles. The second kappa shape index (κ2) is 3.16. The molecule has 0 aliphatic carbocycles. The second-order valence-electron chi connectivity index (χ2n) is 3.14. The molecular formula is C10H11N3O. The van der Waals surface area contributed by atoms with Gasteiger partial charge in [0, 0.05) is 10.9 Å². The lowest BCUT2D eigenvalue weighted by Gasteiger charge is -1.96. The van der Waals surface area contributed by atoms with Crippen LogP contribution in [0.3, 0.4) is 0 Å². The molecule has 4 nitrogen and oxygen atoms in total. The maximum Gasteiger partial charge on any atom is 0.281 e. The number of nitrogens with two attached hydrogens (primary N) is 1. The van der Waals surface area contributed by atoms with E-state index in [0.717, 1.165) is 16.5 Å². The molecule has 0 saturated carbocycles. The second-order valence-corrected chi connectivity index (χ2v) is 3.14. The van der Waals surface area contributed by atoms with Gasteiger partial charge in [0.1, 0.15) is 5.69 Å². The molecule has 0 aliphatic rings. The highest BCUT2D eigenvalue weighted by Gasteiger charge is 2.12. The minimum atomic E-state index is -0.293. The molecule has 0 unspecified atom stereocenters. The summed E-state index contributed by atoms with van der Waals surface area (Å²) in [6.07, 6.45) is 0. The summed E-state index contributed by atoms with van der Waals surface area (Å²) < 4.78 is 0. The summed E-state index contributed by atoms with van der Waals surface area (Å²) in [6, 6.07) is 7.75. The molecule has 4 heteroatoms. The topological polar surface area (TPSA) is 70.9 Å². The quantitative estimate of drug-likeness (QED) is 0.357. The number of rotatable bonds is 1. The number of aromatic nitrogens is 1. The third-order valence-electron chi connectivity index (χ3n) is 2.32. The molecule has 0 aliphatic heterocycles. The van der Waals surface area contributed by atoms with Gasteiger partial charge in [-0.05, 0) is 18.6 Å². The number of fused-ring (bicyclic) bond motifs is 1. The van der Waals surface area contributed by atoms with Crippen LogP contribution in [0.5, 0.6) is 0 Å². The third kappa shape index (κ3) is 1.16. The van der Waals surface area contributed by atoms with Crippen molar-refractivity contribution in [3.8, 4) is 0 Å². The number of H-pyrrole nitrogens is 1. The average molecular weight is 189 g/mol. The highest BCUT2D eigenvalue weighted by Crippen LogP contribution is 2.20. The summed E-state index contributed by atoms with van der Waals surface area (Å²) in [6.45, 7) is 1.89. The van der Waals surface area contributed by atoms with Crippen LogP contribution in [0.25, 0.3) is 10.9 Å². The smallest absolute Gasteiger partial charge is 0.281 e. The van der Waals surface area contributed by atoms with Gasteiger partial charge in [-0.1, -0.05) is 18.2 Å². The van der Waals surface area contributed by atoms with Gasteiger partial charge in [-0.3, -0.25) is 10.2 Å². The molecule has 0 radical (unpaired) electrons. The SMILES string of the molecule is Cc1c(C(=O)NN)[nH]c2ccccc12. The van der Waals surface area contributed by atoms with E-state index in [4.69, 9.17) is 5.84 Å². The number of aryl methyl sites for hydroxylation is 1. The number of benzene rings is 1. The fraction of sp³-hybridized carbons (Fsp3) is 0.100. The van der Waals surface area contributed by atoms with Crippen LogP contribution in [0, 0.1) is 6.92 Å². The van der Waals surface area contributed by atoms with E-state index in [1.807, 2.05) is 31.2 Å². The first kappa shape index (κ1) is 8.77. The fourth-order valence-electron chi connectivity index (χ4n) is 1.58. The predicted octanol–water partition coefficient (Wildman–Crippen LogP) is 1.08. The maximum absolute atomic E-state index is 11.3. The molecule has 0 bridgehead atoms. The molecule has 0 atom stereocenters. The lowest BCUT2D eigenvalue weighted by molar-refractivity contribution is 0.0949. The van der Waals surface area contributed by atoms with E-state index in [1.165, 1.54) is 0 Å². The molecule has 2 rings (SSSR count). The first-order valence-corrected chi connectivity index (χ1v) is 4.32. The molecule has 1 heterocycles. The standard InChI is InChI=1S/C10H11N3O/c1-6-7-4-2-3-5-8(7)12-9(6)10(14)13-11/h2-5,12H,11H2,1H3,(H,13,14). The van der Waals surface area contributed by atoms with Gasteiger partial charge in [0.15, 0.2) is 0 Å². The van der Waals surface area contributed by atoms with Gasteiger partial charge >= 0.3 is 0 Å². The zero-order valence-electron chi connectivity index (χ0n) is 7.79. The van der Waals surface area contributed by atoms with Gasteiger partial charge in [0.2, 0.25) is 0 Å². The number of amides is 1. The van der Waals surface area contributed by atoms with Crippen LogP contribution >= 0.6 is 0 Å². The molecular weight excluding hydrogens is 178 g/mol. The van der Waals surface area contributed by atoms with Crippen LogP contribution in [0.1, 0.15) is 16.1 Å². The average Bonchev–Trinajstić information content (AvgIpc) is 2.56. The first-order chi connectivity index (χ1) is 6.74. The third-order valence-corrected chi connectivity index (χ3v) is 2.32. The Morgan fingerprint density at radius 2 is 2.14 bits per heavy atom. The van der Waals surface area contributed by atoms with Crippen molar-refractivity contribution in [2.75, 3.05) is 0 Å². The van der Waals surface area contributed by atoms with Crippen molar-refractivity contribution in [1.29, 1.82) is 0 Å². The minimum Gasteiger partial charge on any atom is -0.350 e. The number of nitrogen functional groups attached to an aromatic ring is 1. The van der Waals surface area contributed by atoms with Crippen molar-refractivity contribution in [1.82, 2.24) is 10.4 Å². The largest absolute Gasteiger partial charge is 0.350 e. The summed E-state index contributed by atoms with van der Waals surface area (Å²) in [7, 11) is 0. The molecule has 0 spiro atoms. The lowest BCUT2D eigenvalue weighted by Crippen LogP contribution is -2.30. The van der Waals surface area contributed by atoms with Crippen molar-refractivity contribution in [2.45, 2.75) is 6.92 Å². The first-order valence-electron chi connectivity index (χ1n) is 4.32. The molecule has 72 valence electrons. The Kier molecular flexibility index (Phi) is 1.98. The number of aromatic amines is 1. The van der Waals surface area contributed by atoms with Crippen molar-refractivity contribution in [2.24, 2.45) is 5.84 Å². The monoisotopic (exact) mass is 189 g/mol. The van der Waals surface area contributed by atoms with Gasteiger partial charge in [-0.15, -0.1) is 0 Å². The number of para-hydroxylation sites is 1. The molecule has 0 fully saturated rings. The number of hydrogen-bond donors (Lipinski definition) is 3. The van der Waals surface area contributed by atoms with Crippen molar-refractivity contribution >= 4 is 16.8 Å². The fourth-order valence-corrected chi connectivity index (χ4v) is 1.58. The predicted molar refractivity (Wildman–Crippen MR) is 54.7 cm³/mol. The zero-order valence-corrected chi connectivity index (χ0v) is 7.79. The Hall–Kier alpha value is -1.81. The summed E-state index contributed by atoms with van der Waals surface area (Å²) in [5.74, 6) is 4.78. The molecule has 14 heavy (non-hydrogen) atoms. The van der Waals surface area contributed by atoms with E-state index in [-0.39, 0.29) is 5.91 Å². The van der Waals surface area contributed by atoms with E-state index in [2.05, 4.69) is 10.4 Å². The molecule has 1 aromatic carbocycles. The van der Waals surface area contributed by atoms with Crippen molar-refractivity contribution < 1.29 is 4.79 Å². The summed E-state index contributed by atoms with van der Waals surface area (Å²) >= 11 is 0. The van der Waals surface area contributed by atoms with Crippen LogP contribution in [-0.2, 0) is 0 Å². The Morgan fingerprint density at radius 3 is 2.79 bits per heavy atom. The summed E-state index contributed by atoms with van der Waals surface area (Å²) in [4.78, 5) is 14.4. The van der Waals surface area contributed by atoms with Crippen LogP contribution < -0.4 is 11.3 Å². The van der Waals surface area contributed by atoms with Crippen LogP contribution in [-0.4, -0.2) is 10.9 Å². The Morgan fingerprint density at radius 1 is 1.43 bits per heavy atom. The maximum atomic E-state index is 11.3. The van der Waals surface area contributed by atoms with E-state index in [1.54, 1.807) is 0 Å². The number of nitrogens with one attached hydrogen (secondary N) is 2. The van der Waals surface area contributed by atoms with E-state index in [9.17, 15) is 4.79 Å². The number of carbonyl (C=O) groups is 1. The zero-order chi connectivity index (χ0) is 10.1. The van der Waals surface area contributed by atoms with Crippen LogP contribution in [0.15, 0.2) is 24.3 Å². The minimum absolute atomic E-state index is 0.293. The molecule has 1 amide bonds. The summed E-state index contributed by atoms with van der Waals surface area (Å²) in [5.41, 5.74) is 4.50. The van der Waals surface area contributed by atoms with E-state index >= 15 is 0 Å². The van der Waals surface area contributed by atoms with E-state index in [0.29, 0.717) is 5.69 Å². The van der Waals surface area contributed by atoms with Crippen molar-refractivity contribution in [3.05, 3.63) is 35.5 Å². The number of hydrazine groups is 1. The molecule has 1 aromatic heterocycles. The Balaban J connectivity index is 2.68. The summed E-state index contributed by atoms with van der Waals surface area (Å²) in [5, 5.41) is 1.05. The van der Waals surface area contributed by atoms with Gasteiger partial charge in [-0.25, -0.2) is 5.84 Å². The van der Waals surface area contributed by atoms with Gasteiger partial charge < -0.3 is 4.98 Å². The Labute approximate surface area is 81.1 Å². The lowest BCUT2D eigenvalue weighted by atomic mass is 10.1. The number of hydrogen-bond acceptors (Lipinski definition) is 2. The van der Waals surface area contributed by atoms with Gasteiger partial charge in [0.05, 0.1) is 0 Å². The Bertz CT molecular complexity index is 487. The highest BCUT2D eigenvalue weighted by molar-refractivity contribution is 6.00. The van der Waals surface area contributed by atoms with Gasteiger partial charge in [-0.2, -0.15) is 0 Å². The number of carbonyl (C=O) groups excluding carboxylic acids is 1.